The molecule has 0 saturated carbocycles. The van der Waals surface area contributed by atoms with Crippen LogP contribution in [0.3, 0.4) is 0 Å². The van der Waals surface area contributed by atoms with Crippen LogP contribution in [0, 0.1) is 17.3 Å². The largest absolute Gasteiger partial charge is 0.343 e. The summed E-state index contributed by atoms with van der Waals surface area (Å²) in [6, 6.07) is 0. The molecule has 2 fully saturated rings. The fourth-order valence-electron chi connectivity index (χ4n) is 4.19. The number of likely N-dealkylation sites (tertiary alicyclic amines) is 2. The van der Waals surface area contributed by atoms with Crippen molar-refractivity contribution in [2.75, 3.05) is 32.7 Å². The van der Waals surface area contributed by atoms with Gasteiger partial charge in [0.05, 0.1) is 0 Å². The molecule has 0 bridgehead atoms. The topological polar surface area (TPSA) is 23.6 Å². The maximum absolute atomic E-state index is 12.4. The molecule has 0 aromatic carbocycles. The SMILES string of the molecule is CCC(C)CCC(=O)N1CCC2(CCN(CC(C)C)CC2)CC1. The number of carbonyl (C=O) groups is 1. The lowest BCUT2D eigenvalue weighted by Crippen LogP contribution is -2.48. The Hall–Kier alpha value is -0.570. The van der Waals surface area contributed by atoms with E-state index < -0.39 is 0 Å². The summed E-state index contributed by atoms with van der Waals surface area (Å²) in [5.41, 5.74) is 0.543. The van der Waals surface area contributed by atoms with Gasteiger partial charge in [-0.05, 0) is 62.4 Å². The lowest BCUT2D eigenvalue weighted by Gasteiger charge is -2.47. The third-order valence-electron chi connectivity index (χ3n) is 6.26. The van der Waals surface area contributed by atoms with Gasteiger partial charge < -0.3 is 9.80 Å². The number of piperidine rings is 2. The van der Waals surface area contributed by atoms with E-state index in [-0.39, 0.29) is 0 Å². The highest BCUT2D eigenvalue weighted by molar-refractivity contribution is 5.76. The molecule has 2 rings (SSSR count). The zero-order valence-corrected chi connectivity index (χ0v) is 15.9. The van der Waals surface area contributed by atoms with Crippen LogP contribution in [0.1, 0.15) is 72.6 Å². The highest BCUT2D eigenvalue weighted by Crippen LogP contribution is 2.41. The first kappa shape index (κ1) is 18.8. The van der Waals surface area contributed by atoms with Crippen molar-refractivity contribution < 1.29 is 4.79 Å². The van der Waals surface area contributed by atoms with Crippen LogP contribution in [-0.2, 0) is 4.79 Å². The number of amides is 1. The molecule has 0 aliphatic carbocycles. The number of hydrogen-bond acceptors (Lipinski definition) is 2. The first-order chi connectivity index (χ1) is 10.9. The summed E-state index contributed by atoms with van der Waals surface area (Å²) < 4.78 is 0. The highest BCUT2D eigenvalue weighted by Gasteiger charge is 2.38. The van der Waals surface area contributed by atoms with E-state index in [0.29, 0.717) is 17.2 Å². The Bertz CT molecular complexity index is 362. The molecule has 0 radical (unpaired) electrons. The zero-order valence-electron chi connectivity index (χ0n) is 15.9. The summed E-state index contributed by atoms with van der Waals surface area (Å²) in [5.74, 6) is 1.85. The Labute approximate surface area is 143 Å². The van der Waals surface area contributed by atoms with Gasteiger partial charge in [0.1, 0.15) is 0 Å². The van der Waals surface area contributed by atoms with E-state index in [2.05, 4.69) is 37.5 Å². The summed E-state index contributed by atoms with van der Waals surface area (Å²) >= 11 is 0. The minimum Gasteiger partial charge on any atom is -0.343 e. The summed E-state index contributed by atoms with van der Waals surface area (Å²) in [5, 5.41) is 0. The fourth-order valence-corrected chi connectivity index (χ4v) is 4.19. The van der Waals surface area contributed by atoms with Crippen molar-refractivity contribution >= 4 is 5.91 Å². The average Bonchev–Trinajstić information content (AvgIpc) is 2.55. The monoisotopic (exact) mass is 322 g/mol. The van der Waals surface area contributed by atoms with Crippen LogP contribution in [0.5, 0.6) is 0 Å². The number of rotatable bonds is 6. The van der Waals surface area contributed by atoms with E-state index >= 15 is 0 Å². The maximum atomic E-state index is 12.4. The van der Waals surface area contributed by atoms with E-state index in [0.717, 1.165) is 31.8 Å². The molecular formula is C20H38N2O. The van der Waals surface area contributed by atoms with Crippen molar-refractivity contribution in [1.29, 1.82) is 0 Å². The van der Waals surface area contributed by atoms with Gasteiger partial charge in [-0.2, -0.15) is 0 Å². The van der Waals surface area contributed by atoms with Crippen molar-refractivity contribution in [2.45, 2.75) is 72.6 Å². The molecule has 1 amide bonds. The molecular weight excluding hydrogens is 284 g/mol. The summed E-state index contributed by atoms with van der Waals surface area (Å²) in [6.45, 7) is 14.9. The second-order valence-electron chi connectivity index (χ2n) is 8.63. The Morgan fingerprint density at radius 1 is 1.00 bits per heavy atom. The second-order valence-corrected chi connectivity index (χ2v) is 8.63. The van der Waals surface area contributed by atoms with Gasteiger partial charge in [0.15, 0.2) is 0 Å². The minimum absolute atomic E-state index is 0.400. The molecule has 2 saturated heterocycles. The first-order valence-electron chi connectivity index (χ1n) is 9.94. The summed E-state index contributed by atoms with van der Waals surface area (Å²) in [4.78, 5) is 17.2. The molecule has 0 aromatic heterocycles. The normalized spacial score (nSPS) is 23.4. The number of hydrogen-bond donors (Lipinski definition) is 0. The van der Waals surface area contributed by atoms with E-state index in [1.807, 2.05) is 0 Å². The van der Waals surface area contributed by atoms with Gasteiger partial charge in [0.2, 0.25) is 5.91 Å². The van der Waals surface area contributed by atoms with Crippen molar-refractivity contribution in [3.63, 3.8) is 0 Å². The summed E-state index contributed by atoms with van der Waals surface area (Å²) in [6.07, 6.45) is 8.15. The van der Waals surface area contributed by atoms with Gasteiger partial charge in [0.25, 0.3) is 0 Å². The van der Waals surface area contributed by atoms with Crippen molar-refractivity contribution in [3.05, 3.63) is 0 Å². The van der Waals surface area contributed by atoms with Crippen molar-refractivity contribution in [1.82, 2.24) is 9.80 Å². The highest BCUT2D eigenvalue weighted by atomic mass is 16.2. The molecule has 1 atom stereocenters. The van der Waals surface area contributed by atoms with Crippen LogP contribution in [0.2, 0.25) is 0 Å². The van der Waals surface area contributed by atoms with Gasteiger partial charge in [-0.3, -0.25) is 4.79 Å². The van der Waals surface area contributed by atoms with Crippen molar-refractivity contribution in [3.8, 4) is 0 Å². The second kappa shape index (κ2) is 8.50. The van der Waals surface area contributed by atoms with E-state index in [9.17, 15) is 4.79 Å². The Kier molecular flexibility index (Phi) is 6.94. The number of nitrogens with zero attached hydrogens (tertiary/aromatic N) is 2. The van der Waals surface area contributed by atoms with Crippen LogP contribution in [0.25, 0.3) is 0 Å². The molecule has 134 valence electrons. The van der Waals surface area contributed by atoms with Crippen LogP contribution >= 0.6 is 0 Å². The van der Waals surface area contributed by atoms with Crippen LogP contribution < -0.4 is 0 Å². The van der Waals surface area contributed by atoms with Crippen LogP contribution in [0.4, 0.5) is 0 Å². The molecule has 2 heterocycles. The van der Waals surface area contributed by atoms with E-state index in [4.69, 9.17) is 0 Å². The standard InChI is InChI=1S/C20H38N2O/c1-5-18(4)6-7-19(23)22-14-10-20(11-15-22)8-12-21(13-9-20)16-17(2)3/h17-18H,5-16H2,1-4H3. The van der Waals surface area contributed by atoms with Gasteiger partial charge in [-0.25, -0.2) is 0 Å². The molecule has 2 aliphatic rings. The van der Waals surface area contributed by atoms with Crippen molar-refractivity contribution in [2.24, 2.45) is 17.3 Å². The molecule has 0 N–H and O–H groups in total. The quantitative estimate of drug-likeness (QED) is 0.732. The van der Waals surface area contributed by atoms with E-state index in [1.165, 1.54) is 51.7 Å². The Balaban J connectivity index is 1.72. The lowest BCUT2D eigenvalue weighted by atomic mass is 9.71. The van der Waals surface area contributed by atoms with Crippen LogP contribution in [-0.4, -0.2) is 48.4 Å². The van der Waals surface area contributed by atoms with Gasteiger partial charge in [-0.15, -0.1) is 0 Å². The Morgan fingerprint density at radius 2 is 1.57 bits per heavy atom. The predicted octanol–water partition coefficient (Wildman–Crippen LogP) is 4.17. The fraction of sp³-hybridized carbons (Fsp3) is 0.950. The maximum Gasteiger partial charge on any atom is 0.222 e. The zero-order chi connectivity index (χ0) is 16.9. The third-order valence-corrected chi connectivity index (χ3v) is 6.26. The molecule has 3 heteroatoms. The average molecular weight is 323 g/mol. The molecule has 2 aliphatic heterocycles. The van der Waals surface area contributed by atoms with Gasteiger partial charge >= 0.3 is 0 Å². The molecule has 1 spiro atoms. The third kappa shape index (κ3) is 5.48. The first-order valence-corrected chi connectivity index (χ1v) is 9.94. The molecule has 3 nitrogen and oxygen atoms in total. The van der Waals surface area contributed by atoms with Gasteiger partial charge in [0, 0.05) is 26.1 Å². The molecule has 23 heavy (non-hydrogen) atoms. The lowest BCUT2D eigenvalue weighted by molar-refractivity contribution is -0.134. The van der Waals surface area contributed by atoms with Crippen LogP contribution in [0.15, 0.2) is 0 Å². The predicted molar refractivity (Wildman–Crippen MR) is 97.4 cm³/mol. The molecule has 1 unspecified atom stereocenters. The smallest absolute Gasteiger partial charge is 0.222 e. The summed E-state index contributed by atoms with van der Waals surface area (Å²) in [7, 11) is 0. The van der Waals surface area contributed by atoms with E-state index in [1.54, 1.807) is 0 Å². The number of carbonyl (C=O) groups excluding carboxylic acids is 1. The van der Waals surface area contributed by atoms with Gasteiger partial charge in [-0.1, -0.05) is 34.1 Å². The molecule has 0 aromatic rings. The Morgan fingerprint density at radius 3 is 2.09 bits per heavy atom. The minimum atomic E-state index is 0.400.